The van der Waals surface area contributed by atoms with Gasteiger partial charge in [0.25, 0.3) is 0 Å². The Balaban J connectivity index is 6.48. The number of alkyl carbamates (subject to hydrolysis) is 1. The molecule has 0 aliphatic rings. The summed E-state index contributed by atoms with van der Waals surface area (Å²) in [4.78, 5) is 27.9. The maximum absolute atomic E-state index is 12.9. The molecular weight excluding hydrogens is 464 g/mol. The highest BCUT2D eigenvalue weighted by atomic mass is 28.4. The van der Waals surface area contributed by atoms with Crippen LogP contribution in [0.5, 0.6) is 0 Å². The third-order valence-electron chi connectivity index (χ3n) is 6.89. The molecule has 1 amide bonds. The second kappa shape index (κ2) is 13.5. The minimum atomic E-state index is -2.34. The second-order valence-corrected chi connectivity index (χ2v) is 17.5. The average molecular weight is 515 g/mol. The van der Waals surface area contributed by atoms with Gasteiger partial charge in [0.05, 0.1) is 18.1 Å². The second-order valence-electron chi connectivity index (χ2n) is 12.7. The van der Waals surface area contributed by atoms with Crippen molar-refractivity contribution in [3.8, 4) is 0 Å². The van der Waals surface area contributed by atoms with Gasteiger partial charge < -0.3 is 19.6 Å². The number of carboxylic acid groups (broad SMARTS) is 1. The first kappa shape index (κ1) is 33.2. The van der Waals surface area contributed by atoms with Gasteiger partial charge in [-0.05, 0) is 75.0 Å². The van der Waals surface area contributed by atoms with Crippen LogP contribution in [0.4, 0.5) is 4.79 Å². The Morgan fingerprint density at radius 3 is 1.94 bits per heavy atom. The van der Waals surface area contributed by atoms with Crippen molar-refractivity contribution < 1.29 is 23.9 Å². The third-order valence-corrected chi connectivity index (χ3v) is 11.4. The van der Waals surface area contributed by atoms with Crippen LogP contribution < -0.4 is 5.32 Å². The van der Waals surface area contributed by atoms with E-state index in [0.717, 1.165) is 0 Å². The Bertz CT molecular complexity index is 737. The van der Waals surface area contributed by atoms with Crippen LogP contribution in [0.3, 0.4) is 0 Å². The molecule has 35 heavy (non-hydrogen) atoms. The van der Waals surface area contributed by atoms with E-state index in [1.807, 2.05) is 27.7 Å². The van der Waals surface area contributed by atoms with E-state index < -0.39 is 44.0 Å². The molecule has 0 rings (SSSR count). The van der Waals surface area contributed by atoms with Gasteiger partial charge in [-0.15, -0.1) is 0 Å². The van der Waals surface area contributed by atoms with E-state index in [2.05, 4.69) is 49.2 Å². The summed E-state index contributed by atoms with van der Waals surface area (Å²) in [5, 5.41) is 16.6. The molecule has 0 unspecified atom stereocenters. The number of hydrogen-bond acceptors (Lipinski definition) is 5. The monoisotopic (exact) mass is 514 g/mol. The lowest BCUT2D eigenvalue weighted by atomic mass is 9.83. The SMILES string of the molecule is CC(C)[C@@H](CN=[N+]=[N-])C[C@H](NC(=O)OC(C)(C)C)[C@H](C[C@H](C(=O)O)C(C)C)O[Si](C)(C)C(C)(C)C. The molecule has 0 aliphatic carbocycles. The number of carbonyl (C=O) groups is 2. The Labute approximate surface area is 213 Å². The van der Waals surface area contributed by atoms with E-state index in [4.69, 9.17) is 14.7 Å². The summed E-state index contributed by atoms with van der Waals surface area (Å²) in [5.41, 5.74) is 8.19. The first-order valence-corrected chi connectivity index (χ1v) is 15.5. The van der Waals surface area contributed by atoms with Gasteiger partial charge in [0.1, 0.15) is 5.60 Å². The standard InChI is InChI=1S/C25H50N4O5Si/c1-16(2)18(15-27-29-26)13-20(28-23(32)33-24(5,6)7)21(14-19(17(3)4)22(30)31)34-35(11,12)25(8,9)10/h16-21H,13-15H2,1-12H3,(H,28,32)(H,30,31)/t18-,19+,20+,21+/m1/s1. The molecule has 0 saturated heterocycles. The number of hydrogen-bond donors (Lipinski definition) is 2. The van der Waals surface area contributed by atoms with Crippen LogP contribution in [-0.4, -0.2) is 49.8 Å². The number of nitrogens with one attached hydrogen (secondary N) is 1. The molecule has 0 aromatic heterocycles. The zero-order chi connectivity index (χ0) is 27.8. The smallest absolute Gasteiger partial charge is 0.407 e. The Hall–Kier alpha value is -1.77. The van der Waals surface area contributed by atoms with Crippen LogP contribution in [0.15, 0.2) is 5.11 Å². The summed E-state index contributed by atoms with van der Waals surface area (Å²) >= 11 is 0. The summed E-state index contributed by atoms with van der Waals surface area (Å²) in [6, 6.07) is -0.513. The molecule has 204 valence electrons. The highest BCUT2D eigenvalue weighted by Crippen LogP contribution is 2.39. The van der Waals surface area contributed by atoms with Gasteiger partial charge in [0.2, 0.25) is 0 Å². The van der Waals surface area contributed by atoms with Crippen LogP contribution in [0.1, 0.15) is 82.1 Å². The maximum atomic E-state index is 12.9. The summed E-state index contributed by atoms with van der Waals surface area (Å²) in [6.45, 7) is 24.1. The lowest BCUT2D eigenvalue weighted by Gasteiger charge is -2.43. The Morgan fingerprint density at radius 2 is 1.57 bits per heavy atom. The molecule has 2 N–H and O–H groups in total. The molecule has 0 radical (unpaired) electrons. The number of aliphatic carboxylic acids is 1. The zero-order valence-corrected chi connectivity index (χ0v) is 25.0. The zero-order valence-electron chi connectivity index (χ0n) is 24.0. The first-order chi connectivity index (χ1) is 15.7. The molecule has 0 aromatic carbocycles. The molecule has 0 aromatic rings. The maximum Gasteiger partial charge on any atom is 0.407 e. The van der Waals surface area contributed by atoms with E-state index in [9.17, 15) is 14.7 Å². The van der Waals surface area contributed by atoms with Gasteiger partial charge in [0, 0.05) is 11.5 Å². The minimum Gasteiger partial charge on any atom is -0.481 e. The molecule has 0 saturated carbocycles. The molecule has 9 nitrogen and oxygen atoms in total. The van der Waals surface area contributed by atoms with Gasteiger partial charge >= 0.3 is 12.1 Å². The molecular formula is C25H50N4O5Si. The summed E-state index contributed by atoms with van der Waals surface area (Å²) < 4.78 is 12.4. The lowest BCUT2D eigenvalue weighted by Crippen LogP contribution is -2.54. The molecule has 0 spiro atoms. The fraction of sp³-hybridized carbons (Fsp3) is 0.920. The fourth-order valence-electron chi connectivity index (χ4n) is 3.55. The molecule has 10 heteroatoms. The van der Waals surface area contributed by atoms with Crippen LogP contribution >= 0.6 is 0 Å². The predicted octanol–water partition coefficient (Wildman–Crippen LogP) is 6.99. The normalized spacial score (nSPS) is 16.3. The molecule has 0 aliphatic heterocycles. The van der Waals surface area contributed by atoms with Crippen molar-refractivity contribution >= 4 is 20.4 Å². The van der Waals surface area contributed by atoms with Gasteiger partial charge in [-0.2, -0.15) is 0 Å². The van der Waals surface area contributed by atoms with Crippen molar-refractivity contribution in [1.82, 2.24) is 5.32 Å². The molecule has 0 fully saturated rings. The van der Waals surface area contributed by atoms with Crippen molar-refractivity contribution in [2.75, 3.05) is 6.54 Å². The van der Waals surface area contributed by atoms with Crippen molar-refractivity contribution in [2.45, 2.75) is 118 Å². The Kier molecular flexibility index (Phi) is 12.8. The van der Waals surface area contributed by atoms with E-state index >= 15 is 0 Å². The molecule has 0 bridgehead atoms. The van der Waals surface area contributed by atoms with Crippen molar-refractivity contribution in [3.05, 3.63) is 10.4 Å². The highest BCUT2D eigenvalue weighted by Gasteiger charge is 2.43. The quantitative estimate of drug-likeness (QED) is 0.118. The number of amides is 1. The first-order valence-electron chi connectivity index (χ1n) is 12.6. The third kappa shape index (κ3) is 12.2. The van der Waals surface area contributed by atoms with Crippen molar-refractivity contribution in [1.29, 1.82) is 0 Å². The van der Waals surface area contributed by atoms with E-state index in [0.29, 0.717) is 6.42 Å². The van der Waals surface area contributed by atoms with Gasteiger partial charge in [-0.3, -0.25) is 4.79 Å². The predicted molar refractivity (Wildman–Crippen MR) is 143 cm³/mol. The van der Waals surface area contributed by atoms with Crippen LogP contribution in [0.25, 0.3) is 10.4 Å². The van der Waals surface area contributed by atoms with Crippen LogP contribution in [0.2, 0.25) is 18.1 Å². The number of rotatable bonds is 13. The van der Waals surface area contributed by atoms with Crippen molar-refractivity contribution in [3.63, 3.8) is 0 Å². The topological polar surface area (TPSA) is 134 Å². The number of carbonyl (C=O) groups excluding carboxylic acids is 1. The summed E-state index contributed by atoms with van der Waals surface area (Å²) in [5.74, 6) is -1.48. The van der Waals surface area contributed by atoms with Crippen LogP contribution in [-0.2, 0) is 14.0 Å². The molecule has 0 heterocycles. The van der Waals surface area contributed by atoms with Gasteiger partial charge in [0.15, 0.2) is 8.32 Å². The minimum absolute atomic E-state index is 0.0290. The summed E-state index contributed by atoms with van der Waals surface area (Å²) in [7, 11) is -2.34. The number of azide groups is 1. The van der Waals surface area contributed by atoms with Crippen LogP contribution in [0, 0.1) is 23.7 Å². The van der Waals surface area contributed by atoms with E-state index in [-0.39, 0.29) is 35.8 Å². The Morgan fingerprint density at radius 1 is 1.03 bits per heavy atom. The summed E-state index contributed by atoms with van der Waals surface area (Å²) in [6.07, 6.45) is -0.389. The average Bonchev–Trinajstić information content (AvgIpc) is 2.63. The number of ether oxygens (including phenoxy) is 1. The van der Waals surface area contributed by atoms with Crippen molar-refractivity contribution in [2.24, 2.45) is 28.8 Å². The van der Waals surface area contributed by atoms with Gasteiger partial charge in [-0.25, -0.2) is 4.79 Å². The largest absolute Gasteiger partial charge is 0.481 e. The molecule has 4 atom stereocenters. The lowest BCUT2D eigenvalue weighted by molar-refractivity contribution is -0.144. The van der Waals surface area contributed by atoms with Gasteiger partial charge in [-0.1, -0.05) is 53.6 Å². The van der Waals surface area contributed by atoms with E-state index in [1.54, 1.807) is 20.8 Å². The number of carboxylic acids is 1. The highest BCUT2D eigenvalue weighted by molar-refractivity contribution is 6.74. The van der Waals surface area contributed by atoms with E-state index in [1.165, 1.54) is 0 Å². The number of nitrogens with zero attached hydrogens (tertiary/aromatic N) is 3. The fourth-order valence-corrected chi connectivity index (χ4v) is 4.92.